The van der Waals surface area contributed by atoms with Crippen molar-refractivity contribution in [2.75, 3.05) is 26.4 Å². The molecule has 3 saturated heterocycles. The van der Waals surface area contributed by atoms with Crippen LogP contribution in [0.3, 0.4) is 0 Å². The SMILES string of the molecule is CC/C=C\C/C=C\C/C=C\C/C=C\C/C=C\C/C=C\CCCCCCCCCCCCCCCCCCCCCCC(=O)NC(COC1OC(CO)C(OC2OC(CO)C(OC3OC(CO)C(O)C(O)C3O)C(O)C2O)C(O)C1O)C(O)/C=C/CC/C=C/CCCCCCCCCCCCCCC. The molecule has 19 nitrogen and oxygen atoms in total. The summed E-state index contributed by atoms with van der Waals surface area (Å²) in [6, 6.07) is -0.994. The zero-order valence-corrected chi connectivity index (χ0v) is 63.8. The van der Waals surface area contributed by atoms with Crippen molar-refractivity contribution >= 4 is 5.91 Å². The first-order valence-corrected chi connectivity index (χ1v) is 41.0. The van der Waals surface area contributed by atoms with Crippen molar-refractivity contribution in [3.8, 4) is 0 Å². The lowest BCUT2D eigenvalue weighted by Gasteiger charge is -2.48. The second kappa shape index (κ2) is 63.6. The van der Waals surface area contributed by atoms with Crippen LogP contribution in [-0.2, 0) is 33.2 Å². The fourth-order valence-electron chi connectivity index (χ4n) is 13.3. The molecule has 3 fully saturated rings. The van der Waals surface area contributed by atoms with Gasteiger partial charge in [0.05, 0.1) is 38.6 Å². The Balaban J connectivity index is 1.32. The van der Waals surface area contributed by atoms with Gasteiger partial charge in [-0.3, -0.25) is 4.79 Å². The van der Waals surface area contributed by atoms with Crippen molar-refractivity contribution in [1.82, 2.24) is 5.32 Å². The molecule has 12 N–H and O–H groups in total. The van der Waals surface area contributed by atoms with Gasteiger partial charge in [0.15, 0.2) is 18.9 Å². The minimum Gasteiger partial charge on any atom is -0.394 e. The summed E-state index contributed by atoms with van der Waals surface area (Å²) in [5, 5.41) is 121. The Labute approximate surface area is 622 Å². The molecule has 17 atom stereocenters. The molecule has 103 heavy (non-hydrogen) atoms. The highest BCUT2D eigenvalue weighted by atomic mass is 16.8. The minimum absolute atomic E-state index is 0.234. The molecule has 0 radical (unpaired) electrons. The number of aliphatic hydroxyl groups is 11. The van der Waals surface area contributed by atoms with Crippen LogP contribution in [0, 0.1) is 0 Å². The molecule has 0 spiro atoms. The predicted octanol–water partition coefficient (Wildman–Crippen LogP) is 14.0. The van der Waals surface area contributed by atoms with Gasteiger partial charge in [-0.2, -0.15) is 0 Å². The van der Waals surface area contributed by atoms with E-state index in [2.05, 4.69) is 104 Å². The van der Waals surface area contributed by atoms with Crippen molar-refractivity contribution in [2.45, 2.75) is 401 Å². The molecular formula is C84H147NO18. The van der Waals surface area contributed by atoms with Gasteiger partial charge >= 0.3 is 0 Å². The maximum atomic E-state index is 13.5. The molecule has 3 aliphatic rings. The Kier molecular flexibility index (Phi) is 58.0. The van der Waals surface area contributed by atoms with E-state index in [1.807, 2.05) is 6.08 Å². The van der Waals surface area contributed by atoms with Gasteiger partial charge < -0.3 is 89.9 Å². The normalized spacial score (nSPS) is 26.6. The van der Waals surface area contributed by atoms with Gasteiger partial charge in [0, 0.05) is 6.42 Å². The van der Waals surface area contributed by atoms with E-state index in [-0.39, 0.29) is 18.9 Å². The van der Waals surface area contributed by atoms with Crippen LogP contribution in [0.1, 0.15) is 296 Å². The first-order chi connectivity index (χ1) is 50.3. The molecule has 3 aliphatic heterocycles. The summed E-state index contributed by atoms with van der Waals surface area (Å²) in [7, 11) is 0. The number of nitrogens with one attached hydrogen (secondary N) is 1. The van der Waals surface area contributed by atoms with Crippen LogP contribution in [0.15, 0.2) is 97.2 Å². The first-order valence-electron chi connectivity index (χ1n) is 41.0. The van der Waals surface area contributed by atoms with Gasteiger partial charge in [-0.05, 0) is 83.5 Å². The van der Waals surface area contributed by atoms with E-state index in [1.165, 1.54) is 186 Å². The fraction of sp³-hybridized carbons (Fsp3) is 0.798. The number of hydrogen-bond donors (Lipinski definition) is 12. The second-order valence-corrected chi connectivity index (χ2v) is 28.8. The average Bonchev–Trinajstić information content (AvgIpc) is 0.781. The molecule has 1 amide bonds. The molecular weight excluding hydrogens is 1310 g/mol. The number of hydrogen-bond acceptors (Lipinski definition) is 18. The third-order valence-corrected chi connectivity index (χ3v) is 19.9. The Morgan fingerprint density at radius 2 is 0.680 bits per heavy atom. The Hall–Kier alpha value is -3.29. The maximum absolute atomic E-state index is 13.5. The summed E-state index contributed by atoms with van der Waals surface area (Å²) in [5.41, 5.74) is 0. The zero-order valence-electron chi connectivity index (χ0n) is 63.8. The standard InChI is InChI=1S/C84H147NO18/c1-3-5-7-9-11-13-15-17-19-21-23-24-25-26-27-28-29-30-31-32-33-34-35-36-37-38-39-40-41-42-44-46-48-50-52-54-56-58-60-62-72(90)85-67(68(89)61-59-57-55-53-51-49-47-45-43-22-20-18-16-14-12-10-8-6-4-2)66-98-82-78(96)75(93)80(70(64-87)100-82)103-84-79(97)76(94)81(71(65-88)101-84)102-83-77(95)74(92)73(91)69(63-86)99-83/h5,7,11,13,17,19,23-24,26-27,29-30,51,53,59,61,67-71,73-84,86-89,91-97H,3-4,6,8-10,12,14-16,18,20-22,25,28,31-50,52,54-58,60,62-66H2,1-2H3,(H,85,90)/b7-5-,13-11-,19-17-,24-23-,27-26-,30-29-,53-51+,61-59+. The largest absolute Gasteiger partial charge is 0.394 e. The van der Waals surface area contributed by atoms with Gasteiger partial charge in [0.25, 0.3) is 0 Å². The maximum Gasteiger partial charge on any atom is 0.220 e. The predicted molar refractivity (Wildman–Crippen MR) is 411 cm³/mol. The van der Waals surface area contributed by atoms with E-state index in [1.54, 1.807) is 6.08 Å². The summed E-state index contributed by atoms with van der Waals surface area (Å²) >= 11 is 0. The third-order valence-electron chi connectivity index (χ3n) is 19.9. The van der Waals surface area contributed by atoms with Gasteiger partial charge in [-0.1, -0.05) is 304 Å². The van der Waals surface area contributed by atoms with E-state index in [9.17, 15) is 61.0 Å². The molecule has 0 aromatic heterocycles. The molecule has 19 heteroatoms. The first kappa shape index (κ1) is 93.9. The van der Waals surface area contributed by atoms with Crippen molar-refractivity contribution < 1.29 is 89.4 Å². The molecule has 0 aromatic carbocycles. The number of unbranched alkanes of at least 4 members (excludes halogenated alkanes) is 34. The number of allylic oxidation sites excluding steroid dienone is 15. The molecule has 596 valence electrons. The van der Waals surface area contributed by atoms with Crippen molar-refractivity contribution in [1.29, 1.82) is 0 Å². The van der Waals surface area contributed by atoms with Crippen molar-refractivity contribution in [3.05, 3.63) is 97.2 Å². The number of ether oxygens (including phenoxy) is 6. The lowest BCUT2D eigenvalue weighted by Crippen LogP contribution is -2.66. The molecule has 3 heterocycles. The van der Waals surface area contributed by atoms with E-state index in [0.717, 1.165) is 77.0 Å². The van der Waals surface area contributed by atoms with E-state index < -0.39 is 124 Å². The average molecular weight is 1460 g/mol. The molecule has 0 saturated carbocycles. The molecule has 3 rings (SSSR count). The van der Waals surface area contributed by atoms with Gasteiger partial charge in [0.1, 0.15) is 73.2 Å². The van der Waals surface area contributed by atoms with E-state index in [0.29, 0.717) is 12.8 Å². The highest BCUT2D eigenvalue weighted by Gasteiger charge is 2.54. The van der Waals surface area contributed by atoms with E-state index in [4.69, 9.17) is 28.4 Å². The van der Waals surface area contributed by atoms with Crippen LogP contribution >= 0.6 is 0 Å². The van der Waals surface area contributed by atoms with Crippen LogP contribution in [0.5, 0.6) is 0 Å². The lowest BCUT2D eigenvalue weighted by molar-refractivity contribution is -0.379. The lowest BCUT2D eigenvalue weighted by atomic mass is 9.96. The highest BCUT2D eigenvalue weighted by molar-refractivity contribution is 5.76. The Bertz CT molecular complexity index is 2240. The smallest absolute Gasteiger partial charge is 0.220 e. The molecule has 0 aliphatic carbocycles. The van der Waals surface area contributed by atoms with Crippen LogP contribution in [0.4, 0.5) is 0 Å². The number of carbonyl (C=O) groups is 1. The summed E-state index contributed by atoms with van der Waals surface area (Å²) in [6.07, 6.45) is 59.8. The Morgan fingerprint density at radius 3 is 1.09 bits per heavy atom. The minimum atomic E-state index is -1.98. The highest BCUT2D eigenvalue weighted by Crippen LogP contribution is 2.33. The topological polar surface area (TPSA) is 307 Å². The van der Waals surface area contributed by atoms with Crippen LogP contribution in [0.2, 0.25) is 0 Å². The quantitative estimate of drug-likeness (QED) is 0.0199. The number of amides is 1. The molecule has 17 unspecified atom stereocenters. The third kappa shape index (κ3) is 43.5. The van der Waals surface area contributed by atoms with Crippen molar-refractivity contribution in [2.24, 2.45) is 0 Å². The van der Waals surface area contributed by atoms with Crippen LogP contribution in [0.25, 0.3) is 0 Å². The summed E-state index contributed by atoms with van der Waals surface area (Å²) in [6.45, 7) is 1.62. The van der Waals surface area contributed by atoms with Crippen LogP contribution in [-0.4, -0.2) is 193 Å². The fourth-order valence-corrected chi connectivity index (χ4v) is 13.3. The Morgan fingerprint density at radius 1 is 0.359 bits per heavy atom. The van der Waals surface area contributed by atoms with Gasteiger partial charge in [0.2, 0.25) is 5.91 Å². The second-order valence-electron chi connectivity index (χ2n) is 28.8. The monoisotopic (exact) mass is 1460 g/mol. The molecule has 0 aromatic rings. The number of rotatable bonds is 64. The van der Waals surface area contributed by atoms with E-state index >= 15 is 0 Å². The van der Waals surface area contributed by atoms with Gasteiger partial charge in [-0.25, -0.2) is 0 Å². The van der Waals surface area contributed by atoms with Crippen molar-refractivity contribution in [3.63, 3.8) is 0 Å². The number of carbonyl (C=O) groups excluding carboxylic acids is 1. The molecule has 0 bridgehead atoms. The van der Waals surface area contributed by atoms with Crippen LogP contribution < -0.4 is 5.32 Å². The summed E-state index contributed by atoms with van der Waals surface area (Å²) in [4.78, 5) is 13.5. The summed E-state index contributed by atoms with van der Waals surface area (Å²) < 4.78 is 34.4. The number of aliphatic hydroxyl groups excluding tert-OH is 11. The zero-order chi connectivity index (χ0) is 74.6. The summed E-state index contributed by atoms with van der Waals surface area (Å²) in [5.74, 6) is -0.283. The van der Waals surface area contributed by atoms with Gasteiger partial charge in [-0.15, -0.1) is 0 Å².